The molecule has 0 bridgehead atoms. The number of hydrogen-bond donors (Lipinski definition) is 0. The van der Waals surface area contributed by atoms with E-state index in [2.05, 4.69) is 10.1 Å². The fourth-order valence-corrected chi connectivity index (χ4v) is 3.17. The molecule has 0 aliphatic heterocycles. The third-order valence-corrected chi connectivity index (χ3v) is 5.08. The Kier molecular flexibility index (Phi) is 4.83. The Hall–Kier alpha value is -3.02. The molecule has 0 spiro atoms. The van der Waals surface area contributed by atoms with Crippen molar-refractivity contribution in [3.8, 4) is 0 Å². The number of hydrogen-bond acceptors (Lipinski definition) is 6. The van der Waals surface area contributed by atoms with Crippen molar-refractivity contribution < 1.29 is 18.8 Å². The first kappa shape index (κ1) is 18.8. The molecule has 0 aliphatic carbocycles. The molecule has 27 heavy (non-hydrogen) atoms. The second-order valence-corrected chi connectivity index (χ2v) is 6.87. The lowest BCUT2D eigenvalue weighted by molar-refractivity contribution is 0.0476. The summed E-state index contributed by atoms with van der Waals surface area (Å²) in [7, 11) is 0. The molecule has 6 nitrogen and oxygen atoms in total. The first-order valence-corrected chi connectivity index (χ1v) is 8.72. The summed E-state index contributed by atoms with van der Waals surface area (Å²) in [6.07, 6.45) is 0. The molecule has 0 radical (unpaired) electrons. The minimum absolute atomic E-state index is 0.226. The number of ether oxygens (including phenoxy) is 1. The van der Waals surface area contributed by atoms with Crippen LogP contribution in [0, 0.1) is 41.5 Å². The maximum Gasteiger partial charge on any atom is 0.339 e. The van der Waals surface area contributed by atoms with Crippen LogP contribution in [0.1, 0.15) is 54.4 Å². The third kappa shape index (κ3) is 3.35. The average molecular weight is 366 g/mol. The summed E-state index contributed by atoms with van der Waals surface area (Å²) in [5.74, 6) is -0.820. The van der Waals surface area contributed by atoms with Gasteiger partial charge >= 0.3 is 5.97 Å². The van der Waals surface area contributed by atoms with Gasteiger partial charge in [-0.15, -0.1) is 0 Å². The second-order valence-electron chi connectivity index (χ2n) is 6.87. The Bertz CT molecular complexity index is 1080. The highest BCUT2D eigenvalue weighted by molar-refractivity contribution is 6.05. The number of carbonyl (C=O) groups is 2. The molecule has 0 N–H and O–H groups in total. The summed E-state index contributed by atoms with van der Waals surface area (Å²) in [5, 5.41) is 4.36. The van der Waals surface area contributed by atoms with E-state index in [-0.39, 0.29) is 18.1 Å². The van der Waals surface area contributed by atoms with Gasteiger partial charge in [-0.25, -0.2) is 9.78 Å². The molecule has 2 heterocycles. The fourth-order valence-electron chi connectivity index (χ4n) is 3.17. The number of rotatable bonds is 4. The van der Waals surface area contributed by atoms with Crippen molar-refractivity contribution in [2.75, 3.05) is 6.61 Å². The van der Waals surface area contributed by atoms with Gasteiger partial charge < -0.3 is 9.26 Å². The van der Waals surface area contributed by atoms with Crippen molar-refractivity contribution in [1.29, 1.82) is 0 Å². The standard InChI is InChI=1S/C21H22N2O4/c1-10-7-16(14(5)13(4)12(10)3)18(24)9-26-21(25)17-8-11(2)22-20-19(17)15(6)23-27-20/h7-8H,9H2,1-6H3. The van der Waals surface area contributed by atoms with E-state index in [1.165, 1.54) is 5.56 Å². The van der Waals surface area contributed by atoms with Crippen molar-refractivity contribution >= 4 is 22.9 Å². The molecular formula is C21H22N2O4. The van der Waals surface area contributed by atoms with Gasteiger partial charge in [0.1, 0.15) is 0 Å². The number of aryl methyl sites for hydroxylation is 3. The van der Waals surface area contributed by atoms with Crippen molar-refractivity contribution in [3.05, 3.63) is 56.9 Å². The van der Waals surface area contributed by atoms with Crippen LogP contribution >= 0.6 is 0 Å². The van der Waals surface area contributed by atoms with Crippen LogP contribution in [0.3, 0.4) is 0 Å². The fraction of sp³-hybridized carbons (Fsp3) is 0.333. The SMILES string of the molecule is Cc1cc(C(=O)OCC(=O)c2cc(C)c(C)c(C)c2C)c2c(C)noc2n1. The van der Waals surface area contributed by atoms with Crippen molar-refractivity contribution in [2.24, 2.45) is 0 Å². The number of pyridine rings is 1. The zero-order valence-electron chi connectivity index (χ0n) is 16.4. The van der Waals surface area contributed by atoms with E-state index in [1.54, 1.807) is 19.9 Å². The van der Waals surface area contributed by atoms with E-state index >= 15 is 0 Å². The highest BCUT2D eigenvalue weighted by atomic mass is 16.5. The van der Waals surface area contributed by atoms with Gasteiger partial charge in [0.25, 0.3) is 5.71 Å². The van der Waals surface area contributed by atoms with Crippen LogP contribution in [-0.4, -0.2) is 28.5 Å². The monoisotopic (exact) mass is 366 g/mol. The summed E-state index contributed by atoms with van der Waals surface area (Å²) in [6.45, 7) is 11.1. The van der Waals surface area contributed by atoms with E-state index in [4.69, 9.17) is 9.26 Å². The molecule has 0 fully saturated rings. The van der Waals surface area contributed by atoms with E-state index in [0.717, 1.165) is 16.7 Å². The molecule has 2 aromatic heterocycles. The van der Waals surface area contributed by atoms with Crippen LogP contribution in [-0.2, 0) is 4.74 Å². The zero-order chi connectivity index (χ0) is 19.9. The molecule has 3 rings (SSSR count). The Labute approximate surface area is 157 Å². The summed E-state index contributed by atoms with van der Waals surface area (Å²) in [5.41, 5.74) is 6.53. The number of ketones is 1. The highest BCUT2D eigenvalue weighted by Crippen LogP contribution is 2.24. The lowest BCUT2D eigenvalue weighted by atomic mass is 9.93. The Morgan fingerprint density at radius 3 is 2.37 bits per heavy atom. The Balaban J connectivity index is 1.85. The minimum atomic E-state index is -0.594. The minimum Gasteiger partial charge on any atom is -0.454 e. The van der Waals surface area contributed by atoms with Crippen LogP contribution in [0.25, 0.3) is 11.1 Å². The molecule has 0 saturated carbocycles. The Morgan fingerprint density at radius 2 is 1.67 bits per heavy atom. The molecule has 6 heteroatoms. The first-order valence-electron chi connectivity index (χ1n) is 8.72. The molecule has 0 aliphatic rings. The van der Waals surface area contributed by atoms with Gasteiger partial charge in [-0.1, -0.05) is 5.16 Å². The number of nitrogens with zero attached hydrogens (tertiary/aromatic N) is 2. The van der Waals surface area contributed by atoms with Crippen LogP contribution in [0.15, 0.2) is 16.7 Å². The van der Waals surface area contributed by atoms with Gasteiger partial charge in [0, 0.05) is 11.3 Å². The topological polar surface area (TPSA) is 82.3 Å². The smallest absolute Gasteiger partial charge is 0.339 e. The largest absolute Gasteiger partial charge is 0.454 e. The van der Waals surface area contributed by atoms with Crippen LogP contribution in [0.4, 0.5) is 0 Å². The van der Waals surface area contributed by atoms with Gasteiger partial charge in [0.2, 0.25) is 5.78 Å². The second kappa shape index (κ2) is 6.95. The van der Waals surface area contributed by atoms with Crippen molar-refractivity contribution in [1.82, 2.24) is 10.1 Å². The summed E-state index contributed by atoms with van der Waals surface area (Å²) >= 11 is 0. The molecular weight excluding hydrogens is 344 g/mol. The zero-order valence-corrected chi connectivity index (χ0v) is 16.4. The van der Waals surface area contributed by atoms with Gasteiger partial charge in [-0.05, 0) is 75.9 Å². The third-order valence-electron chi connectivity index (χ3n) is 5.08. The van der Waals surface area contributed by atoms with Gasteiger partial charge in [-0.3, -0.25) is 4.79 Å². The molecule has 0 saturated heterocycles. The number of Topliss-reactive ketones (excluding diaryl/α,β-unsaturated/α-hetero) is 1. The van der Waals surface area contributed by atoms with Crippen LogP contribution in [0.5, 0.6) is 0 Å². The predicted molar refractivity (Wildman–Crippen MR) is 101 cm³/mol. The van der Waals surface area contributed by atoms with Gasteiger partial charge in [-0.2, -0.15) is 0 Å². The molecule has 0 unspecified atom stereocenters. The van der Waals surface area contributed by atoms with E-state index in [9.17, 15) is 9.59 Å². The van der Waals surface area contributed by atoms with Crippen molar-refractivity contribution in [3.63, 3.8) is 0 Å². The first-order chi connectivity index (χ1) is 12.7. The summed E-state index contributed by atoms with van der Waals surface area (Å²) in [6, 6.07) is 3.47. The quantitative estimate of drug-likeness (QED) is 0.510. The Morgan fingerprint density at radius 1 is 0.963 bits per heavy atom. The van der Waals surface area contributed by atoms with Crippen molar-refractivity contribution in [2.45, 2.75) is 41.5 Å². The molecule has 0 atom stereocenters. The normalized spacial score (nSPS) is 11.0. The molecule has 1 aromatic carbocycles. The highest BCUT2D eigenvalue weighted by Gasteiger charge is 2.21. The maximum atomic E-state index is 12.6. The van der Waals surface area contributed by atoms with Crippen LogP contribution < -0.4 is 0 Å². The van der Waals surface area contributed by atoms with E-state index in [0.29, 0.717) is 27.9 Å². The average Bonchev–Trinajstić information content (AvgIpc) is 3.00. The van der Waals surface area contributed by atoms with E-state index in [1.807, 2.05) is 33.8 Å². The lowest BCUT2D eigenvalue weighted by Gasteiger charge is -2.13. The number of esters is 1. The summed E-state index contributed by atoms with van der Waals surface area (Å²) in [4.78, 5) is 29.5. The molecule has 0 amide bonds. The molecule has 140 valence electrons. The maximum absolute atomic E-state index is 12.6. The van der Waals surface area contributed by atoms with Gasteiger partial charge in [0.05, 0.1) is 16.6 Å². The molecule has 3 aromatic rings. The lowest BCUT2D eigenvalue weighted by Crippen LogP contribution is -2.16. The van der Waals surface area contributed by atoms with Gasteiger partial charge in [0.15, 0.2) is 6.61 Å². The predicted octanol–water partition coefficient (Wildman–Crippen LogP) is 4.11. The number of aromatic nitrogens is 2. The number of fused-ring (bicyclic) bond motifs is 1. The van der Waals surface area contributed by atoms with E-state index < -0.39 is 5.97 Å². The number of benzene rings is 1. The van der Waals surface area contributed by atoms with Crippen LogP contribution in [0.2, 0.25) is 0 Å². The summed E-state index contributed by atoms with van der Waals surface area (Å²) < 4.78 is 10.4. The number of carbonyl (C=O) groups excluding carboxylic acids is 2.